The van der Waals surface area contributed by atoms with Crippen molar-refractivity contribution in [2.75, 3.05) is 0 Å². The van der Waals surface area contributed by atoms with Crippen LogP contribution in [-0.4, -0.2) is 19.5 Å². The van der Waals surface area contributed by atoms with E-state index in [1.54, 1.807) is 23.7 Å². The van der Waals surface area contributed by atoms with Gasteiger partial charge in [-0.05, 0) is 18.6 Å². The lowest BCUT2D eigenvalue weighted by atomic mass is 10.0. The molecular formula is C13H13N3OS. The number of rotatable bonds is 3. The Morgan fingerprint density at radius 2 is 2.39 bits per heavy atom. The molecule has 3 aromatic rings. The summed E-state index contributed by atoms with van der Waals surface area (Å²) in [5.74, 6) is 0. The maximum Gasteiger partial charge on any atom is 0.193 e. The number of thiazole rings is 1. The predicted octanol–water partition coefficient (Wildman–Crippen LogP) is 2.38. The van der Waals surface area contributed by atoms with Crippen molar-refractivity contribution in [1.29, 1.82) is 0 Å². The molecule has 0 aromatic carbocycles. The van der Waals surface area contributed by atoms with E-state index in [1.165, 1.54) is 0 Å². The molecule has 0 radical (unpaired) electrons. The number of imidazole rings is 1. The Morgan fingerprint density at radius 1 is 1.50 bits per heavy atom. The van der Waals surface area contributed by atoms with Crippen molar-refractivity contribution in [2.45, 2.75) is 19.4 Å². The van der Waals surface area contributed by atoms with Gasteiger partial charge in [0.15, 0.2) is 4.96 Å². The molecule has 0 saturated carbocycles. The number of aliphatic hydroxyl groups is 1. The monoisotopic (exact) mass is 259 g/mol. The van der Waals surface area contributed by atoms with Crippen molar-refractivity contribution in [3.05, 3.63) is 53.1 Å². The lowest BCUT2D eigenvalue weighted by Gasteiger charge is -2.11. The fourth-order valence-corrected chi connectivity index (χ4v) is 2.73. The van der Waals surface area contributed by atoms with Gasteiger partial charge in [0.05, 0.1) is 11.8 Å². The van der Waals surface area contributed by atoms with Crippen LogP contribution in [-0.2, 0) is 6.42 Å². The number of pyridine rings is 1. The van der Waals surface area contributed by atoms with Gasteiger partial charge in [0, 0.05) is 42.2 Å². The Kier molecular flexibility index (Phi) is 2.85. The highest BCUT2D eigenvalue weighted by atomic mass is 32.1. The molecule has 0 aliphatic rings. The van der Waals surface area contributed by atoms with Gasteiger partial charge >= 0.3 is 0 Å². The van der Waals surface area contributed by atoms with E-state index >= 15 is 0 Å². The van der Waals surface area contributed by atoms with Crippen LogP contribution in [0.3, 0.4) is 0 Å². The van der Waals surface area contributed by atoms with E-state index in [1.807, 2.05) is 35.2 Å². The second-order valence-corrected chi connectivity index (χ2v) is 5.15. The first-order chi connectivity index (χ1) is 8.74. The van der Waals surface area contributed by atoms with Crippen LogP contribution in [0.1, 0.15) is 22.9 Å². The fraction of sp³-hybridized carbons (Fsp3) is 0.231. The highest BCUT2D eigenvalue weighted by Crippen LogP contribution is 2.21. The zero-order valence-electron chi connectivity index (χ0n) is 9.95. The summed E-state index contributed by atoms with van der Waals surface area (Å²) in [6.07, 6.45) is 7.35. The van der Waals surface area contributed by atoms with E-state index in [4.69, 9.17) is 0 Å². The van der Waals surface area contributed by atoms with Crippen LogP contribution in [0, 0.1) is 6.92 Å². The minimum atomic E-state index is -0.552. The lowest BCUT2D eigenvalue weighted by molar-refractivity contribution is 0.176. The zero-order valence-corrected chi connectivity index (χ0v) is 10.8. The molecule has 92 valence electrons. The van der Waals surface area contributed by atoms with Crippen molar-refractivity contribution in [2.24, 2.45) is 0 Å². The van der Waals surface area contributed by atoms with Crippen LogP contribution in [0.4, 0.5) is 0 Å². The number of hydrogen-bond donors (Lipinski definition) is 1. The first-order valence-corrected chi connectivity index (χ1v) is 6.61. The minimum Gasteiger partial charge on any atom is -0.388 e. The topological polar surface area (TPSA) is 50.4 Å². The highest BCUT2D eigenvalue weighted by molar-refractivity contribution is 7.15. The quantitative estimate of drug-likeness (QED) is 0.785. The summed E-state index contributed by atoms with van der Waals surface area (Å²) in [5, 5.41) is 12.2. The summed E-state index contributed by atoms with van der Waals surface area (Å²) in [4.78, 5) is 9.48. The lowest BCUT2D eigenvalue weighted by Crippen LogP contribution is -2.04. The average Bonchev–Trinajstić information content (AvgIpc) is 2.90. The standard InChI is InChI=1S/C13H13N3OS/c1-9-2-3-14-7-11(9)12(17)6-10-8-16-4-5-18-13(16)15-10/h2-5,7-8,12,17H,6H2,1H3. The Morgan fingerprint density at radius 3 is 3.17 bits per heavy atom. The van der Waals surface area contributed by atoms with Crippen molar-refractivity contribution in [1.82, 2.24) is 14.4 Å². The van der Waals surface area contributed by atoms with Gasteiger partial charge in [-0.25, -0.2) is 4.98 Å². The van der Waals surface area contributed by atoms with Crippen molar-refractivity contribution in [3.8, 4) is 0 Å². The Labute approximate surface area is 109 Å². The first-order valence-electron chi connectivity index (χ1n) is 5.73. The van der Waals surface area contributed by atoms with Gasteiger partial charge in [-0.3, -0.25) is 9.38 Å². The molecule has 1 atom stereocenters. The van der Waals surface area contributed by atoms with Gasteiger partial charge < -0.3 is 5.11 Å². The molecule has 1 N–H and O–H groups in total. The van der Waals surface area contributed by atoms with Gasteiger partial charge in [0.1, 0.15) is 0 Å². The van der Waals surface area contributed by atoms with Crippen molar-refractivity contribution >= 4 is 16.3 Å². The molecule has 0 aliphatic carbocycles. The highest BCUT2D eigenvalue weighted by Gasteiger charge is 2.13. The van der Waals surface area contributed by atoms with Crippen molar-refractivity contribution < 1.29 is 5.11 Å². The molecule has 0 saturated heterocycles. The van der Waals surface area contributed by atoms with E-state index in [9.17, 15) is 5.11 Å². The molecule has 0 spiro atoms. The number of aromatic nitrogens is 3. The number of hydrogen-bond acceptors (Lipinski definition) is 4. The summed E-state index contributed by atoms with van der Waals surface area (Å²) < 4.78 is 1.98. The van der Waals surface area contributed by atoms with Gasteiger partial charge in [-0.2, -0.15) is 0 Å². The molecular weight excluding hydrogens is 246 g/mol. The van der Waals surface area contributed by atoms with E-state index in [0.717, 1.165) is 21.8 Å². The van der Waals surface area contributed by atoms with Crippen LogP contribution in [0.2, 0.25) is 0 Å². The number of aryl methyl sites for hydroxylation is 1. The first kappa shape index (κ1) is 11.4. The maximum atomic E-state index is 10.2. The van der Waals surface area contributed by atoms with E-state index in [-0.39, 0.29) is 0 Å². The molecule has 4 nitrogen and oxygen atoms in total. The van der Waals surface area contributed by atoms with Gasteiger partial charge in [0.2, 0.25) is 0 Å². The smallest absolute Gasteiger partial charge is 0.193 e. The normalized spacial score (nSPS) is 13.0. The number of fused-ring (bicyclic) bond motifs is 1. The van der Waals surface area contributed by atoms with Crippen LogP contribution >= 0.6 is 11.3 Å². The second-order valence-electron chi connectivity index (χ2n) is 4.28. The van der Waals surface area contributed by atoms with Crippen LogP contribution in [0.25, 0.3) is 4.96 Å². The summed E-state index contributed by atoms with van der Waals surface area (Å²) in [6.45, 7) is 1.98. The molecule has 3 rings (SSSR count). The summed E-state index contributed by atoms with van der Waals surface area (Å²) >= 11 is 1.59. The van der Waals surface area contributed by atoms with Crippen LogP contribution in [0.15, 0.2) is 36.2 Å². The SMILES string of the molecule is Cc1ccncc1C(O)Cc1cn2ccsc2n1. The van der Waals surface area contributed by atoms with Crippen molar-refractivity contribution in [3.63, 3.8) is 0 Å². The molecule has 1 unspecified atom stereocenters. The third kappa shape index (κ3) is 2.02. The Balaban J connectivity index is 1.84. The average molecular weight is 259 g/mol. The molecule has 0 amide bonds. The predicted molar refractivity (Wildman–Crippen MR) is 70.7 cm³/mol. The van der Waals surface area contributed by atoms with Crippen LogP contribution in [0.5, 0.6) is 0 Å². The summed E-state index contributed by atoms with van der Waals surface area (Å²) in [5.41, 5.74) is 2.82. The van der Waals surface area contributed by atoms with Gasteiger partial charge in [0.25, 0.3) is 0 Å². The molecule has 0 fully saturated rings. The number of nitrogens with zero attached hydrogens (tertiary/aromatic N) is 3. The van der Waals surface area contributed by atoms with Gasteiger partial charge in [-0.1, -0.05) is 0 Å². The van der Waals surface area contributed by atoms with E-state index in [2.05, 4.69) is 9.97 Å². The molecule has 0 bridgehead atoms. The van der Waals surface area contributed by atoms with E-state index in [0.29, 0.717) is 6.42 Å². The number of aliphatic hydroxyl groups excluding tert-OH is 1. The Bertz CT molecular complexity index is 645. The maximum absolute atomic E-state index is 10.2. The summed E-state index contributed by atoms with van der Waals surface area (Å²) in [7, 11) is 0. The fourth-order valence-electron chi connectivity index (χ4n) is 2.01. The zero-order chi connectivity index (χ0) is 12.5. The third-order valence-electron chi connectivity index (χ3n) is 2.98. The third-order valence-corrected chi connectivity index (χ3v) is 3.75. The molecule has 18 heavy (non-hydrogen) atoms. The Hall–Kier alpha value is -1.72. The van der Waals surface area contributed by atoms with E-state index < -0.39 is 6.10 Å². The minimum absolute atomic E-state index is 0.515. The second kappa shape index (κ2) is 4.51. The molecule has 3 aromatic heterocycles. The molecule has 0 aliphatic heterocycles. The van der Waals surface area contributed by atoms with Crippen LogP contribution < -0.4 is 0 Å². The molecule has 3 heterocycles. The summed E-state index contributed by atoms with van der Waals surface area (Å²) in [6, 6.07) is 1.91. The van der Waals surface area contributed by atoms with Gasteiger partial charge in [-0.15, -0.1) is 11.3 Å². The molecule has 5 heteroatoms. The largest absolute Gasteiger partial charge is 0.388 e.